The zero-order valence-corrected chi connectivity index (χ0v) is 25.1. The number of rotatable bonds is 4. The number of fused-ring (bicyclic) bond motifs is 9. The van der Waals surface area contributed by atoms with Crippen LogP contribution in [0.5, 0.6) is 0 Å². The fraction of sp³-hybridized carbons (Fsp3) is 0.116. The Morgan fingerprint density at radius 2 is 1.23 bits per heavy atom. The van der Waals surface area contributed by atoms with Crippen molar-refractivity contribution in [2.45, 2.75) is 32.2 Å². The third-order valence-corrected chi connectivity index (χ3v) is 10.1. The molecule has 0 unspecified atom stereocenters. The van der Waals surface area contributed by atoms with Gasteiger partial charge in [-0.3, -0.25) is 0 Å². The van der Waals surface area contributed by atoms with Gasteiger partial charge in [-0.1, -0.05) is 135 Å². The highest BCUT2D eigenvalue weighted by molar-refractivity contribution is 6.16. The Labute approximate surface area is 258 Å². The summed E-state index contributed by atoms with van der Waals surface area (Å²) in [4.78, 5) is 0. The predicted molar refractivity (Wildman–Crippen MR) is 188 cm³/mol. The van der Waals surface area contributed by atoms with E-state index in [1.165, 1.54) is 82.3 Å². The molecular weight excluding hydrogens is 530 g/mol. The average Bonchev–Trinajstić information content (AvgIpc) is 3.50. The van der Waals surface area contributed by atoms with E-state index in [1.54, 1.807) is 0 Å². The molecule has 1 nitrogen and oxygen atoms in total. The van der Waals surface area contributed by atoms with Crippen molar-refractivity contribution in [3.8, 4) is 22.3 Å². The number of aryl methyl sites for hydroxylation is 2. The average molecular weight is 564 g/mol. The summed E-state index contributed by atoms with van der Waals surface area (Å²) in [5.41, 5.74) is 12.1. The molecule has 0 fully saturated rings. The van der Waals surface area contributed by atoms with Crippen molar-refractivity contribution in [1.82, 2.24) is 4.57 Å². The summed E-state index contributed by atoms with van der Waals surface area (Å²) in [6, 6.07) is 52.0. The van der Waals surface area contributed by atoms with Gasteiger partial charge in [-0.05, 0) is 79.5 Å². The van der Waals surface area contributed by atoms with Crippen molar-refractivity contribution < 1.29 is 0 Å². The summed E-state index contributed by atoms with van der Waals surface area (Å²) in [5.74, 6) is 0. The fourth-order valence-electron chi connectivity index (χ4n) is 7.88. The first-order chi connectivity index (χ1) is 21.6. The van der Waals surface area contributed by atoms with Gasteiger partial charge in [0.25, 0.3) is 0 Å². The van der Waals surface area contributed by atoms with Crippen LogP contribution in [0.4, 0.5) is 0 Å². The summed E-state index contributed by atoms with van der Waals surface area (Å²) in [6.07, 6.45) is 0.985. The van der Waals surface area contributed by atoms with Crippen LogP contribution in [0.1, 0.15) is 30.5 Å². The van der Waals surface area contributed by atoms with E-state index in [9.17, 15) is 0 Å². The van der Waals surface area contributed by atoms with E-state index in [1.807, 2.05) is 0 Å². The van der Waals surface area contributed by atoms with Gasteiger partial charge in [0.2, 0.25) is 0 Å². The van der Waals surface area contributed by atoms with E-state index in [4.69, 9.17) is 0 Å². The van der Waals surface area contributed by atoms with Gasteiger partial charge >= 0.3 is 0 Å². The molecule has 1 aliphatic rings. The van der Waals surface area contributed by atoms with Crippen molar-refractivity contribution in [2.75, 3.05) is 0 Å². The summed E-state index contributed by atoms with van der Waals surface area (Å²) >= 11 is 0. The van der Waals surface area contributed by atoms with Crippen molar-refractivity contribution in [1.29, 1.82) is 0 Å². The molecule has 0 radical (unpaired) electrons. The molecule has 0 saturated carbocycles. The molecule has 0 N–H and O–H groups in total. The lowest BCUT2D eigenvalue weighted by Crippen LogP contribution is -2.14. The third-order valence-electron chi connectivity index (χ3n) is 10.1. The quantitative estimate of drug-likeness (QED) is 0.201. The lowest BCUT2D eigenvalue weighted by molar-refractivity contribution is 0.661. The standard InChI is InChI=1S/C43H33N/c1-43(2)38-21-20-32(26-37(38)41-33-16-9-8-13-29(33)19-22-39(41)43)34-17-10-18-35-36-25-30-14-6-7-15-31(30)27-40(36)44(42(34)35)24-23-28-11-4-3-5-12-28/h3-22,25-27H,23-24H2,1-2H3. The van der Waals surface area contributed by atoms with Gasteiger partial charge in [0.1, 0.15) is 0 Å². The van der Waals surface area contributed by atoms with E-state index < -0.39 is 0 Å². The highest BCUT2D eigenvalue weighted by Crippen LogP contribution is 2.52. The summed E-state index contributed by atoms with van der Waals surface area (Å²) < 4.78 is 2.58. The van der Waals surface area contributed by atoms with Crippen LogP contribution < -0.4 is 0 Å². The minimum Gasteiger partial charge on any atom is -0.340 e. The lowest BCUT2D eigenvalue weighted by atomic mass is 9.82. The van der Waals surface area contributed by atoms with Crippen molar-refractivity contribution >= 4 is 43.4 Å². The van der Waals surface area contributed by atoms with Crippen LogP contribution in [0, 0.1) is 0 Å². The Balaban J connectivity index is 1.31. The molecule has 1 heterocycles. The van der Waals surface area contributed by atoms with Gasteiger partial charge in [0, 0.05) is 33.8 Å². The molecule has 0 bridgehead atoms. The Morgan fingerprint density at radius 1 is 0.523 bits per heavy atom. The molecule has 0 saturated heterocycles. The number of para-hydroxylation sites is 1. The normalized spacial score (nSPS) is 13.6. The molecule has 0 atom stereocenters. The zero-order valence-electron chi connectivity index (χ0n) is 25.1. The maximum absolute atomic E-state index is 2.58. The lowest BCUT2D eigenvalue weighted by Gasteiger charge is -2.21. The maximum Gasteiger partial charge on any atom is 0.0571 e. The monoisotopic (exact) mass is 563 g/mol. The summed E-state index contributed by atoms with van der Waals surface area (Å²) in [6.45, 7) is 5.67. The van der Waals surface area contributed by atoms with Gasteiger partial charge in [0.05, 0.1) is 5.52 Å². The molecule has 1 aromatic heterocycles. The first-order valence-corrected chi connectivity index (χ1v) is 15.7. The largest absolute Gasteiger partial charge is 0.340 e. The molecule has 210 valence electrons. The van der Waals surface area contributed by atoms with Gasteiger partial charge in [-0.15, -0.1) is 0 Å². The summed E-state index contributed by atoms with van der Waals surface area (Å²) in [5, 5.41) is 7.87. The first kappa shape index (κ1) is 25.4. The van der Waals surface area contributed by atoms with Crippen LogP contribution in [0.3, 0.4) is 0 Å². The predicted octanol–water partition coefficient (Wildman–Crippen LogP) is 11.3. The van der Waals surface area contributed by atoms with E-state index in [0.717, 1.165) is 13.0 Å². The Bertz CT molecular complexity index is 2410. The first-order valence-electron chi connectivity index (χ1n) is 15.7. The minimum absolute atomic E-state index is 0.0378. The van der Waals surface area contributed by atoms with E-state index in [-0.39, 0.29) is 5.41 Å². The molecule has 0 aliphatic heterocycles. The highest BCUT2D eigenvalue weighted by atomic mass is 15.0. The number of benzene rings is 7. The van der Waals surface area contributed by atoms with E-state index in [0.29, 0.717) is 0 Å². The Morgan fingerprint density at radius 3 is 2.07 bits per heavy atom. The van der Waals surface area contributed by atoms with Crippen molar-refractivity contribution in [3.63, 3.8) is 0 Å². The fourth-order valence-corrected chi connectivity index (χ4v) is 7.88. The molecule has 7 aromatic carbocycles. The smallest absolute Gasteiger partial charge is 0.0571 e. The van der Waals surface area contributed by atoms with E-state index >= 15 is 0 Å². The Kier molecular flexibility index (Phi) is 5.44. The van der Waals surface area contributed by atoms with Crippen LogP contribution >= 0.6 is 0 Å². The molecule has 1 heteroatoms. The zero-order chi connectivity index (χ0) is 29.4. The van der Waals surface area contributed by atoms with Crippen molar-refractivity contribution in [3.05, 3.63) is 156 Å². The molecule has 0 amide bonds. The SMILES string of the molecule is CC1(C)c2ccc(-c3cccc4c5cc6ccccc6cc5n(CCc5ccccc5)c34)cc2-c2c1ccc1ccccc21. The Hall–Kier alpha value is -5.14. The second-order valence-corrected chi connectivity index (χ2v) is 12.9. The van der Waals surface area contributed by atoms with Gasteiger partial charge in [-0.25, -0.2) is 0 Å². The maximum atomic E-state index is 2.58. The molecule has 0 spiro atoms. The van der Waals surface area contributed by atoms with Gasteiger partial charge in [-0.2, -0.15) is 0 Å². The number of aromatic nitrogens is 1. The molecule has 9 rings (SSSR count). The van der Waals surface area contributed by atoms with Crippen LogP contribution in [0.25, 0.3) is 65.6 Å². The molecular formula is C43H33N. The number of nitrogens with zero attached hydrogens (tertiary/aromatic N) is 1. The summed E-state index contributed by atoms with van der Waals surface area (Å²) in [7, 11) is 0. The highest BCUT2D eigenvalue weighted by Gasteiger charge is 2.36. The number of hydrogen-bond acceptors (Lipinski definition) is 0. The third kappa shape index (κ3) is 3.66. The van der Waals surface area contributed by atoms with Crippen molar-refractivity contribution in [2.24, 2.45) is 0 Å². The van der Waals surface area contributed by atoms with Gasteiger partial charge < -0.3 is 4.57 Å². The topological polar surface area (TPSA) is 4.93 Å². The molecule has 8 aromatic rings. The van der Waals surface area contributed by atoms with Crippen LogP contribution in [0.2, 0.25) is 0 Å². The van der Waals surface area contributed by atoms with Crippen LogP contribution in [-0.2, 0) is 18.4 Å². The van der Waals surface area contributed by atoms with Gasteiger partial charge in [0.15, 0.2) is 0 Å². The second kappa shape index (κ2) is 9.43. The minimum atomic E-state index is -0.0378. The molecule has 44 heavy (non-hydrogen) atoms. The second-order valence-electron chi connectivity index (χ2n) is 12.9. The molecule has 1 aliphatic carbocycles. The number of hydrogen-bond donors (Lipinski definition) is 0. The van der Waals surface area contributed by atoms with E-state index in [2.05, 4.69) is 158 Å². The van der Waals surface area contributed by atoms with Crippen LogP contribution in [-0.4, -0.2) is 4.57 Å². The van der Waals surface area contributed by atoms with Crippen LogP contribution in [0.15, 0.2) is 140 Å².